The summed E-state index contributed by atoms with van der Waals surface area (Å²) < 4.78 is 2.93. The van der Waals surface area contributed by atoms with Gasteiger partial charge in [0.2, 0.25) is 0 Å². The molecule has 3 aromatic rings. The molecule has 2 heteroatoms. The van der Waals surface area contributed by atoms with Crippen molar-refractivity contribution < 1.29 is 0 Å². The summed E-state index contributed by atoms with van der Waals surface area (Å²) in [6.45, 7) is 8.81. The van der Waals surface area contributed by atoms with Crippen LogP contribution < -0.4 is 13.8 Å². The van der Waals surface area contributed by atoms with Gasteiger partial charge in [-0.05, 0) is 0 Å². The van der Waals surface area contributed by atoms with E-state index in [1.54, 1.807) is 0 Å². The Hall–Kier alpha value is -2.02. The molecule has 1 aliphatic heterocycles. The molecule has 1 aliphatic rings. The van der Waals surface area contributed by atoms with E-state index in [9.17, 15) is 0 Å². The first-order valence-electron chi connectivity index (χ1n) is 8.30. The number of aryl methyl sites for hydroxylation is 4. The first-order chi connectivity index (χ1) is 11.5. The summed E-state index contributed by atoms with van der Waals surface area (Å²) in [6, 6.07) is 20.3. The number of anilines is 3. The third-order valence-electron chi connectivity index (χ3n) is 4.54. The number of hydrogen-bond acceptors (Lipinski definition) is 1. The van der Waals surface area contributed by atoms with Gasteiger partial charge in [0.1, 0.15) is 0 Å². The molecule has 0 bridgehead atoms. The average molecular weight is 378 g/mol. The van der Waals surface area contributed by atoms with Gasteiger partial charge in [-0.2, -0.15) is 0 Å². The van der Waals surface area contributed by atoms with Crippen LogP contribution in [0.5, 0.6) is 0 Å². The predicted molar refractivity (Wildman–Crippen MR) is 105 cm³/mol. The van der Waals surface area contributed by atoms with Gasteiger partial charge in [-0.3, -0.25) is 0 Å². The van der Waals surface area contributed by atoms with Crippen LogP contribution in [0.15, 0.2) is 54.6 Å². The molecule has 0 N–H and O–H groups in total. The quantitative estimate of drug-likeness (QED) is 0.445. The van der Waals surface area contributed by atoms with E-state index in [0.29, 0.717) is 15.0 Å². The monoisotopic (exact) mass is 379 g/mol. The third kappa shape index (κ3) is 2.47. The van der Waals surface area contributed by atoms with Crippen LogP contribution in [-0.2, 0) is 0 Å². The van der Waals surface area contributed by atoms with Gasteiger partial charge in [0.25, 0.3) is 0 Å². The molecule has 120 valence electrons. The van der Waals surface area contributed by atoms with Crippen LogP contribution in [0.25, 0.3) is 0 Å². The zero-order chi connectivity index (χ0) is 16.8. The maximum atomic E-state index is 2.47. The molecule has 0 atom stereocenters. The van der Waals surface area contributed by atoms with E-state index in [1.165, 1.54) is 48.2 Å². The fourth-order valence-corrected chi connectivity index (χ4v) is 6.06. The van der Waals surface area contributed by atoms with Crippen LogP contribution in [0.2, 0.25) is 0 Å². The number of nitrogens with zero attached hydrogens (tertiary/aromatic N) is 1. The summed E-state index contributed by atoms with van der Waals surface area (Å²) in [7, 11) is 0. The fraction of sp³-hybridized carbons (Fsp3) is 0.182. The second-order valence-electron chi connectivity index (χ2n) is 6.62. The zero-order valence-electron chi connectivity index (χ0n) is 14.6. The van der Waals surface area contributed by atoms with Crippen LogP contribution in [0.4, 0.5) is 17.1 Å². The van der Waals surface area contributed by atoms with Gasteiger partial charge in [0.05, 0.1) is 0 Å². The van der Waals surface area contributed by atoms with Crippen LogP contribution in [0, 0.1) is 27.7 Å². The number of fused-ring (bicyclic) bond motifs is 2. The van der Waals surface area contributed by atoms with Crippen LogP contribution >= 0.6 is 0 Å². The predicted octanol–water partition coefficient (Wildman–Crippen LogP) is 4.36. The van der Waals surface area contributed by atoms with Gasteiger partial charge in [0, 0.05) is 0 Å². The molecule has 0 saturated heterocycles. The van der Waals surface area contributed by atoms with Gasteiger partial charge in [-0.25, -0.2) is 0 Å². The van der Waals surface area contributed by atoms with Crippen LogP contribution in [-0.4, -0.2) is 15.0 Å². The molecule has 0 aromatic heterocycles. The molecule has 1 heterocycles. The Kier molecular flexibility index (Phi) is 3.75. The molecule has 0 aliphatic carbocycles. The molecule has 0 radical (unpaired) electrons. The number of rotatable bonds is 1. The van der Waals surface area contributed by atoms with Gasteiger partial charge in [-0.15, -0.1) is 0 Å². The second kappa shape index (κ2) is 5.81. The van der Waals surface area contributed by atoms with E-state index in [0.717, 1.165) is 0 Å². The summed E-state index contributed by atoms with van der Waals surface area (Å²) in [5.74, 6) is 0. The minimum atomic E-state index is 0.362. The summed E-state index contributed by atoms with van der Waals surface area (Å²) in [4.78, 5) is 2.47. The van der Waals surface area contributed by atoms with Crippen LogP contribution in [0.3, 0.4) is 0 Å². The van der Waals surface area contributed by atoms with Crippen molar-refractivity contribution in [2.75, 3.05) is 4.90 Å². The van der Waals surface area contributed by atoms with Crippen molar-refractivity contribution in [1.82, 2.24) is 0 Å². The van der Waals surface area contributed by atoms with Gasteiger partial charge in [-0.1, -0.05) is 0 Å². The van der Waals surface area contributed by atoms with Crippen molar-refractivity contribution >= 4 is 40.9 Å². The van der Waals surface area contributed by atoms with Crippen molar-refractivity contribution in [3.05, 3.63) is 76.9 Å². The summed E-state index contributed by atoms with van der Waals surface area (Å²) in [5, 5.41) is 0. The maximum absolute atomic E-state index is 2.47. The molecule has 0 fully saturated rings. The summed E-state index contributed by atoms with van der Waals surface area (Å²) in [6.07, 6.45) is 0. The van der Waals surface area contributed by atoms with E-state index >= 15 is 0 Å². The molecule has 4 rings (SSSR count). The SMILES string of the molecule is Cc1cc(C)c(N2c3ccccc3[Se]c3cc(C)ccc32)c(C)c1. The third-order valence-corrected chi connectivity index (χ3v) is 6.87. The molecule has 24 heavy (non-hydrogen) atoms. The Morgan fingerprint density at radius 2 is 1.33 bits per heavy atom. The molecule has 0 amide bonds. The first kappa shape index (κ1) is 15.5. The minimum absolute atomic E-state index is 0.362. The van der Waals surface area contributed by atoms with Crippen molar-refractivity contribution in [2.24, 2.45) is 0 Å². The standard InChI is InChI=1S/C22H21NSe/c1-14-9-10-19-21(13-14)24-20-8-6-5-7-18(20)23(19)22-16(3)11-15(2)12-17(22)4/h5-13H,1-4H3. The number of benzene rings is 3. The number of hydrogen-bond donors (Lipinski definition) is 0. The Morgan fingerprint density at radius 3 is 2.08 bits per heavy atom. The Morgan fingerprint density at radius 1 is 0.667 bits per heavy atom. The van der Waals surface area contributed by atoms with E-state index in [1.807, 2.05) is 0 Å². The van der Waals surface area contributed by atoms with Crippen molar-refractivity contribution in [2.45, 2.75) is 27.7 Å². The first-order valence-corrected chi connectivity index (χ1v) is 10.0. The van der Waals surface area contributed by atoms with E-state index < -0.39 is 0 Å². The zero-order valence-corrected chi connectivity index (χ0v) is 16.3. The molecular weight excluding hydrogens is 357 g/mol. The summed E-state index contributed by atoms with van der Waals surface area (Å²) in [5.41, 5.74) is 9.35. The van der Waals surface area contributed by atoms with E-state index in [-0.39, 0.29) is 0 Å². The Labute approximate surface area is 150 Å². The molecule has 0 saturated carbocycles. The number of para-hydroxylation sites is 1. The molecule has 0 spiro atoms. The summed E-state index contributed by atoms with van der Waals surface area (Å²) >= 11 is 0.362. The van der Waals surface area contributed by atoms with Crippen LogP contribution in [0.1, 0.15) is 22.3 Å². The van der Waals surface area contributed by atoms with Crippen molar-refractivity contribution in [1.29, 1.82) is 0 Å². The van der Waals surface area contributed by atoms with E-state index in [2.05, 4.69) is 87.2 Å². The molecule has 0 unspecified atom stereocenters. The Balaban J connectivity index is 2.02. The fourth-order valence-electron chi connectivity index (χ4n) is 3.63. The molecule has 3 aromatic carbocycles. The normalized spacial score (nSPS) is 12.8. The van der Waals surface area contributed by atoms with Crippen molar-refractivity contribution in [3.8, 4) is 0 Å². The van der Waals surface area contributed by atoms with Crippen molar-refractivity contribution in [3.63, 3.8) is 0 Å². The molecule has 1 nitrogen and oxygen atoms in total. The average Bonchev–Trinajstić information content (AvgIpc) is 2.53. The topological polar surface area (TPSA) is 3.24 Å². The van der Waals surface area contributed by atoms with Gasteiger partial charge in [0.15, 0.2) is 0 Å². The molecular formula is C22H21NSe. The Bertz CT molecular complexity index is 919. The van der Waals surface area contributed by atoms with Gasteiger partial charge < -0.3 is 0 Å². The van der Waals surface area contributed by atoms with E-state index in [4.69, 9.17) is 0 Å². The van der Waals surface area contributed by atoms with Gasteiger partial charge >= 0.3 is 150 Å². The second-order valence-corrected chi connectivity index (χ2v) is 8.90.